The van der Waals surface area contributed by atoms with Gasteiger partial charge in [0.05, 0.1) is 16.8 Å². The van der Waals surface area contributed by atoms with E-state index in [9.17, 15) is 9.18 Å². The molecule has 1 fully saturated rings. The van der Waals surface area contributed by atoms with E-state index in [2.05, 4.69) is 20.3 Å². The molecule has 6 nitrogen and oxygen atoms in total. The summed E-state index contributed by atoms with van der Waals surface area (Å²) < 4.78 is 14.0. The standard InChI is InChI=1S/C17H15ClFN5OS/c1-9-21-8-14(26-9)17(25)23-12-4-2-3-11(6-12)22-16-13(19)5-10(7-20)15(18)24-16/h5,8,12H,2-4,6H2,1H3,(H,23,25)/t12-/m0/s1. The van der Waals surface area contributed by atoms with Crippen LogP contribution in [0.15, 0.2) is 17.3 Å². The van der Waals surface area contributed by atoms with Crippen LogP contribution in [-0.2, 0) is 0 Å². The van der Waals surface area contributed by atoms with Crippen LogP contribution in [-0.4, -0.2) is 27.6 Å². The van der Waals surface area contributed by atoms with E-state index in [0.717, 1.165) is 29.6 Å². The average molecular weight is 392 g/mol. The highest BCUT2D eigenvalue weighted by molar-refractivity contribution is 7.13. The number of rotatable bonds is 3. The van der Waals surface area contributed by atoms with Crippen molar-refractivity contribution in [3.8, 4) is 6.07 Å². The van der Waals surface area contributed by atoms with Gasteiger partial charge in [0.1, 0.15) is 16.1 Å². The summed E-state index contributed by atoms with van der Waals surface area (Å²) >= 11 is 7.20. The number of aryl methyl sites for hydroxylation is 1. The van der Waals surface area contributed by atoms with Gasteiger partial charge in [-0.2, -0.15) is 5.26 Å². The Morgan fingerprint density at radius 3 is 3.08 bits per heavy atom. The zero-order valence-electron chi connectivity index (χ0n) is 13.9. The van der Waals surface area contributed by atoms with Crippen LogP contribution in [0.2, 0.25) is 5.15 Å². The molecule has 2 aromatic rings. The van der Waals surface area contributed by atoms with E-state index in [1.165, 1.54) is 11.3 Å². The number of nitriles is 1. The van der Waals surface area contributed by atoms with Crippen LogP contribution in [0.1, 0.15) is 45.9 Å². The molecule has 1 N–H and O–H groups in total. The van der Waals surface area contributed by atoms with Crippen molar-refractivity contribution in [1.82, 2.24) is 15.3 Å². The van der Waals surface area contributed by atoms with Crippen molar-refractivity contribution < 1.29 is 9.18 Å². The molecule has 0 saturated heterocycles. The summed E-state index contributed by atoms with van der Waals surface area (Å²) in [7, 11) is 0. The summed E-state index contributed by atoms with van der Waals surface area (Å²) in [5, 5.41) is 12.6. The first-order valence-electron chi connectivity index (χ1n) is 8.02. The minimum absolute atomic E-state index is 0.0262. The Hall–Kier alpha value is -2.37. The number of carbonyl (C=O) groups is 1. The zero-order valence-corrected chi connectivity index (χ0v) is 15.5. The third-order valence-electron chi connectivity index (χ3n) is 3.98. The molecular formula is C17H15ClFN5OS. The third kappa shape index (κ3) is 4.23. The fourth-order valence-corrected chi connectivity index (χ4v) is 3.61. The normalized spacial score (nSPS) is 18.5. The van der Waals surface area contributed by atoms with Crippen LogP contribution >= 0.6 is 22.9 Å². The van der Waals surface area contributed by atoms with Crippen LogP contribution in [0.3, 0.4) is 0 Å². The summed E-state index contributed by atoms with van der Waals surface area (Å²) in [6.45, 7) is 1.84. The minimum atomic E-state index is -0.690. The molecule has 0 unspecified atom stereocenters. The van der Waals surface area contributed by atoms with Gasteiger partial charge in [0.2, 0.25) is 0 Å². The van der Waals surface area contributed by atoms with Crippen molar-refractivity contribution in [3.63, 3.8) is 0 Å². The monoisotopic (exact) mass is 391 g/mol. The summed E-state index contributed by atoms with van der Waals surface area (Å²) in [5.74, 6) is -0.980. The molecule has 134 valence electrons. The number of halogens is 2. The first kappa shape index (κ1) is 18.4. The molecule has 0 bridgehead atoms. The number of carbonyl (C=O) groups excluding carboxylic acids is 1. The molecule has 0 radical (unpaired) electrons. The second-order valence-corrected chi connectivity index (χ2v) is 7.53. The molecule has 0 spiro atoms. The molecule has 0 aromatic carbocycles. The summed E-state index contributed by atoms with van der Waals surface area (Å²) in [6, 6.07) is 2.73. The van der Waals surface area contributed by atoms with E-state index in [1.807, 2.05) is 6.92 Å². The van der Waals surface area contributed by atoms with Crippen molar-refractivity contribution >= 4 is 40.4 Å². The van der Waals surface area contributed by atoms with Crippen molar-refractivity contribution in [2.24, 2.45) is 4.99 Å². The van der Waals surface area contributed by atoms with E-state index in [0.29, 0.717) is 17.7 Å². The fraction of sp³-hybridized carbons (Fsp3) is 0.353. The Morgan fingerprint density at radius 1 is 1.58 bits per heavy atom. The molecule has 1 saturated carbocycles. The number of nitrogens with zero attached hydrogens (tertiary/aromatic N) is 4. The van der Waals surface area contributed by atoms with Crippen molar-refractivity contribution in [1.29, 1.82) is 5.26 Å². The lowest BCUT2D eigenvalue weighted by atomic mass is 9.93. The summed E-state index contributed by atoms with van der Waals surface area (Å²) in [5.41, 5.74) is 0.718. The van der Waals surface area contributed by atoms with E-state index < -0.39 is 5.82 Å². The van der Waals surface area contributed by atoms with Crippen LogP contribution in [0.5, 0.6) is 0 Å². The number of hydrogen-bond acceptors (Lipinski definition) is 6. The molecule has 26 heavy (non-hydrogen) atoms. The number of nitrogens with one attached hydrogen (secondary N) is 1. The molecule has 1 atom stereocenters. The van der Waals surface area contributed by atoms with Gasteiger partial charge in [0, 0.05) is 18.2 Å². The van der Waals surface area contributed by atoms with E-state index in [-0.39, 0.29) is 28.5 Å². The highest BCUT2D eigenvalue weighted by Crippen LogP contribution is 2.25. The number of amides is 1. The average Bonchev–Trinajstić information content (AvgIpc) is 3.05. The Bertz CT molecular complexity index is 920. The van der Waals surface area contributed by atoms with Gasteiger partial charge in [-0.3, -0.25) is 4.79 Å². The SMILES string of the molecule is Cc1ncc(C(=O)N[C@H]2CCCC(=Nc3nc(Cl)c(C#N)cc3F)C2)s1. The van der Waals surface area contributed by atoms with Gasteiger partial charge in [0.15, 0.2) is 11.6 Å². The summed E-state index contributed by atoms with van der Waals surface area (Å²) in [4.78, 5) is 25.0. The van der Waals surface area contributed by atoms with Crippen LogP contribution in [0.4, 0.5) is 10.2 Å². The van der Waals surface area contributed by atoms with Gasteiger partial charge in [-0.1, -0.05) is 11.6 Å². The van der Waals surface area contributed by atoms with Crippen LogP contribution in [0, 0.1) is 24.1 Å². The number of hydrogen-bond donors (Lipinski definition) is 1. The molecule has 1 amide bonds. The van der Waals surface area contributed by atoms with Gasteiger partial charge in [0.25, 0.3) is 5.91 Å². The second-order valence-electron chi connectivity index (χ2n) is 5.93. The maximum absolute atomic E-state index is 14.0. The predicted octanol–water partition coefficient (Wildman–Crippen LogP) is 3.96. The number of aliphatic imine (C=N–C) groups is 1. The van der Waals surface area contributed by atoms with Crippen LogP contribution in [0.25, 0.3) is 0 Å². The molecule has 9 heteroatoms. The smallest absolute Gasteiger partial charge is 0.263 e. The third-order valence-corrected chi connectivity index (χ3v) is 5.18. The Kier molecular flexibility index (Phi) is 5.59. The molecule has 2 aromatic heterocycles. The zero-order chi connectivity index (χ0) is 18.7. The predicted molar refractivity (Wildman–Crippen MR) is 97.6 cm³/mol. The van der Waals surface area contributed by atoms with E-state index >= 15 is 0 Å². The molecule has 0 aliphatic heterocycles. The fourth-order valence-electron chi connectivity index (χ4n) is 2.75. The van der Waals surface area contributed by atoms with Crippen molar-refractivity contribution in [2.45, 2.75) is 38.6 Å². The summed E-state index contributed by atoms with van der Waals surface area (Å²) in [6.07, 6.45) is 4.43. The molecule has 1 aliphatic carbocycles. The Morgan fingerprint density at radius 2 is 2.38 bits per heavy atom. The minimum Gasteiger partial charge on any atom is -0.348 e. The van der Waals surface area contributed by atoms with E-state index in [1.54, 1.807) is 12.3 Å². The molecule has 2 heterocycles. The molecular weight excluding hydrogens is 377 g/mol. The second kappa shape index (κ2) is 7.89. The van der Waals surface area contributed by atoms with E-state index in [4.69, 9.17) is 16.9 Å². The number of aromatic nitrogens is 2. The molecule has 1 aliphatic rings. The Balaban J connectivity index is 1.72. The first-order chi connectivity index (χ1) is 12.5. The first-order valence-corrected chi connectivity index (χ1v) is 9.21. The van der Waals surface area contributed by atoms with Gasteiger partial charge in [-0.25, -0.2) is 19.4 Å². The number of thiazole rings is 1. The van der Waals surface area contributed by atoms with Gasteiger partial charge in [-0.15, -0.1) is 11.3 Å². The maximum atomic E-state index is 14.0. The largest absolute Gasteiger partial charge is 0.348 e. The lowest BCUT2D eigenvalue weighted by Crippen LogP contribution is -2.38. The van der Waals surface area contributed by atoms with Gasteiger partial charge >= 0.3 is 0 Å². The topological polar surface area (TPSA) is 91.0 Å². The lowest BCUT2D eigenvalue weighted by Gasteiger charge is -2.24. The lowest BCUT2D eigenvalue weighted by molar-refractivity contribution is 0.0938. The highest BCUT2D eigenvalue weighted by Gasteiger charge is 2.22. The Labute approximate surface area is 158 Å². The van der Waals surface area contributed by atoms with Crippen molar-refractivity contribution in [3.05, 3.63) is 38.7 Å². The molecule has 3 rings (SSSR count). The maximum Gasteiger partial charge on any atom is 0.263 e. The van der Waals surface area contributed by atoms with Crippen LogP contribution < -0.4 is 5.32 Å². The highest BCUT2D eigenvalue weighted by atomic mass is 35.5. The van der Waals surface area contributed by atoms with Gasteiger partial charge < -0.3 is 5.32 Å². The van der Waals surface area contributed by atoms with Gasteiger partial charge in [-0.05, 0) is 32.3 Å². The van der Waals surface area contributed by atoms with Crippen molar-refractivity contribution in [2.75, 3.05) is 0 Å². The number of pyridine rings is 1. The quantitative estimate of drug-likeness (QED) is 0.802.